The number of rotatable bonds is 8. The molecule has 5 N–H and O–H groups in total. The molecule has 8 nitrogen and oxygen atoms in total. The van der Waals surface area contributed by atoms with Crippen LogP contribution in [0.4, 0.5) is 5.69 Å². The lowest BCUT2D eigenvalue weighted by molar-refractivity contribution is -0.118. The molecule has 0 fully saturated rings. The minimum Gasteiger partial charge on any atom is -0.508 e. The summed E-state index contributed by atoms with van der Waals surface area (Å²) >= 11 is 6.37. The molecule has 0 aliphatic carbocycles. The summed E-state index contributed by atoms with van der Waals surface area (Å²) in [5.74, 6) is -0.233. The number of halogens is 1. The van der Waals surface area contributed by atoms with E-state index in [1.807, 2.05) is 19.1 Å². The van der Waals surface area contributed by atoms with E-state index < -0.39 is 12.0 Å². The Hall–Kier alpha value is -3.10. The first-order chi connectivity index (χ1) is 16.9. The number of ketones is 1. The number of Topliss-reactive ketones (excluding diaryl/α,β-unsaturated/α-hetero) is 1. The molecule has 0 radical (unpaired) electrons. The molecular weight excluding hydrogens is 480 g/mol. The summed E-state index contributed by atoms with van der Waals surface area (Å²) in [6.45, 7) is 8.89. The van der Waals surface area contributed by atoms with Crippen LogP contribution in [0.1, 0.15) is 67.9 Å². The third kappa shape index (κ3) is 7.70. The van der Waals surface area contributed by atoms with Crippen molar-refractivity contribution in [2.24, 2.45) is 4.99 Å². The molecule has 1 aliphatic rings. The molecule has 2 aromatic carbocycles. The standard InChI is InChI=1S/C27H35ClN4O4/c1-5-16(17-6-19(27(2,3)4)11-20(28)7-17)9-23(34)13-29-25(36)18-8-21(12-22(33)10-18)32-26-30-14-24(35)15-31-26/h6-8,10-12,16,24,33,35H,5,9,13-15H2,1-4H3,(H,29,36)(H2,30,31,32)/t16-/m1/s1. The first kappa shape index (κ1) is 27.5. The molecule has 0 saturated carbocycles. The third-order valence-electron chi connectivity index (χ3n) is 6.08. The van der Waals surface area contributed by atoms with Gasteiger partial charge in [-0.3, -0.25) is 14.6 Å². The maximum absolute atomic E-state index is 12.8. The van der Waals surface area contributed by atoms with Gasteiger partial charge in [0.05, 0.1) is 19.2 Å². The second-order valence-electron chi connectivity index (χ2n) is 10.2. The number of anilines is 1. The van der Waals surface area contributed by atoms with Crippen LogP contribution in [0.2, 0.25) is 5.02 Å². The van der Waals surface area contributed by atoms with Gasteiger partial charge < -0.3 is 26.2 Å². The van der Waals surface area contributed by atoms with Crippen LogP contribution in [0.5, 0.6) is 5.75 Å². The molecule has 0 spiro atoms. The zero-order valence-electron chi connectivity index (χ0n) is 21.2. The number of phenolic OH excluding ortho intramolecular Hbond substituents is 1. The highest BCUT2D eigenvalue weighted by molar-refractivity contribution is 6.30. The molecule has 2 aromatic rings. The van der Waals surface area contributed by atoms with Crippen LogP contribution in [0.25, 0.3) is 0 Å². The Bertz CT molecular complexity index is 1140. The molecule has 36 heavy (non-hydrogen) atoms. The molecular formula is C27H35ClN4O4. The molecule has 1 amide bonds. The molecule has 0 saturated heterocycles. The van der Waals surface area contributed by atoms with Gasteiger partial charge in [0, 0.05) is 35.3 Å². The number of benzene rings is 2. The molecule has 1 aliphatic heterocycles. The van der Waals surface area contributed by atoms with Gasteiger partial charge in [-0.05, 0) is 53.1 Å². The van der Waals surface area contributed by atoms with Gasteiger partial charge in [0.2, 0.25) is 0 Å². The average Bonchev–Trinajstić information content (AvgIpc) is 2.81. The largest absolute Gasteiger partial charge is 0.508 e. The molecule has 2 atom stereocenters. The maximum atomic E-state index is 12.8. The molecule has 0 aromatic heterocycles. The number of hydrogen-bond acceptors (Lipinski definition) is 7. The summed E-state index contributed by atoms with van der Waals surface area (Å²) in [4.78, 5) is 29.6. The van der Waals surface area contributed by atoms with Gasteiger partial charge >= 0.3 is 0 Å². The second kappa shape index (κ2) is 11.8. The minimum absolute atomic E-state index is 0.00643. The molecule has 0 bridgehead atoms. The first-order valence-corrected chi connectivity index (χ1v) is 12.5. The van der Waals surface area contributed by atoms with Gasteiger partial charge in [-0.2, -0.15) is 0 Å². The Labute approximate surface area is 217 Å². The van der Waals surface area contributed by atoms with E-state index in [-0.39, 0.29) is 47.9 Å². The van der Waals surface area contributed by atoms with E-state index in [4.69, 9.17) is 11.6 Å². The Morgan fingerprint density at radius 1 is 1.19 bits per heavy atom. The van der Waals surface area contributed by atoms with E-state index >= 15 is 0 Å². The lowest BCUT2D eigenvalue weighted by atomic mass is 9.83. The fourth-order valence-corrected chi connectivity index (χ4v) is 4.22. The van der Waals surface area contributed by atoms with E-state index in [2.05, 4.69) is 47.8 Å². The molecule has 1 heterocycles. The minimum atomic E-state index is -0.551. The predicted molar refractivity (Wildman–Crippen MR) is 143 cm³/mol. The van der Waals surface area contributed by atoms with Crippen LogP contribution in [0.3, 0.4) is 0 Å². The number of aliphatic hydroxyl groups is 1. The number of hydrogen-bond donors (Lipinski definition) is 5. The summed E-state index contributed by atoms with van der Waals surface area (Å²) < 4.78 is 0. The first-order valence-electron chi connectivity index (χ1n) is 12.1. The fourth-order valence-electron chi connectivity index (χ4n) is 3.97. The number of carbonyl (C=O) groups excluding carboxylic acids is 2. The number of aliphatic imine (C=N–C) groups is 1. The van der Waals surface area contributed by atoms with Gasteiger partial charge in [-0.15, -0.1) is 0 Å². The maximum Gasteiger partial charge on any atom is 0.251 e. The zero-order valence-corrected chi connectivity index (χ0v) is 21.9. The van der Waals surface area contributed by atoms with Gasteiger partial charge in [0.25, 0.3) is 5.91 Å². The van der Waals surface area contributed by atoms with E-state index in [1.165, 1.54) is 12.1 Å². The van der Waals surface area contributed by atoms with Crippen LogP contribution in [0.15, 0.2) is 41.4 Å². The van der Waals surface area contributed by atoms with Crippen molar-refractivity contribution in [2.75, 3.05) is 25.0 Å². The molecule has 9 heteroatoms. The van der Waals surface area contributed by atoms with E-state index in [0.29, 0.717) is 23.2 Å². The molecule has 3 rings (SSSR count). The van der Waals surface area contributed by atoms with Crippen molar-refractivity contribution in [3.8, 4) is 5.75 Å². The van der Waals surface area contributed by atoms with Crippen molar-refractivity contribution in [2.45, 2.75) is 58.0 Å². The highest BCUT2D eigenvalue weighted by Crippen LogP contribution is 2.32. The Kier molecular flexibility index (Phi) is 8.98. The van der Waals surface area contributed by atoms with Crippen LogP contribution in [-0.2, 0) is 10.2 Å². The number of nitrogens with zero attached hydrogens (tertiary/aromatic N) is 1. The van der Waals surface area contributed by atoms with E-state index in [9.17, 15) is 19.8 Å². The number of carbonyl (C=O) groups is 2. The summed E-state index contributed by atoms with van der Waals surface area (Å²) in [5, 5.41) is 28.8. The monoisotopic (exact) mass is 514 g/mol. The second-order valence-corrected chi connectivity index (χ2v) is 10.6. The van der Waals surface area contributed by atoms with Gasteiger partial charge in [0.15, 0.2) is 11.7 Å². The van der Waals surface area contributed by atoms with Gasteiger partial charge in [-0.25, -0.2) is 0 Å². The number of phenols is 1. The Morgan fingerprint density at radius 2 is 1.94 bits per heavy atom. The summed E-state index contributed by atoms with van der Waals surface area (Å²) in [6.07, 6.45) is 0.496. The zero-order chi connectivity index (χ0) is 26.5. The number of aliphatic hydroxyl groups excluding tert-OH is 1. The predicted octanol–water partition coefficient (Wildman–Crippen LogP) is 3.96. The Morgan fingerprint density at radius 3 is 2.58 bits per heavy atom. The smallest absolute Gasteiger partial charge is 0.251 e. The van der Waals surface area contributed by atoms with Crippen LogP contribution in [-0.4, -0.2) is 53.6 Å². The van der Waals surface area contributed by atoms with Gasteiger partial charge in [-0.1, -0.05) is 45.4 Å². The normalized spacial score (nSPS) is 16.5. The fraction of sp³-hybridized carbons (Fsp3) is 0.444. The van der Waals surface area contributed by atoms with Crippen molar-refractivity contribution in [3.05, 3.63) is 58.1 Å². The SMILES string of the molecule is CC[C@H](CC(=O)CNC(=O)c1cc(O)cc(NC2=NCC(O)CN2)c1)c1cc(Cl)cc(C(C)(C)C)c1. The van der Waals surface area contributed by atoms with Crippen molar-refractivity contribution in [1.29, 1.82) is 0 Å². The number of amides is 1. The van der Waals surface area contributed by atoms with Crippen LogP contribution in [0, 0.1) is 0 Å². The van der Waals surface area contributed by atoms with Crippen LogP contribution < -0.4 is 16.0 Å². The number of nitrogens with one attached hydrogen (secondary N) is 3. The lowest BCUT2D eigenvalue weighted by Crippen LogP contribution is -2.42. The quantitative estimate of drug-likeness (QED) is 0.363. The summed E-state index contributed by atoms with van der Waals surface area (Å²) in [6, 6.07) is 10.3. The van der Waals surface area contributed by atoms with Crippen molar-refractivity contribution in [1.82, 2.24) is 10.6 Å². The highest BCUT2D eigenvalue weighted by atomic mass is 35.5. The topological polar surface area (TPSA) is 123 Å². The van der Waals surface area contributed by atoms with Crippen molar-refractivity contribution in [3.63, 3.8) is 0 Å². The number of guanidine groups is 1. The highest BCUT2D eigenvalue weighted by Gasteiger charge is 2.21. The Balaban J connectivity index is 1.62. The third-order valence-corrected chi connectivity index (χ3v) is 6.30. The van der Waals surface area contributed by atoms with E-state index in [0.717, 1.165) is 17.5 Å². The number of β-amino-alcohol motifs (C(OH)–C–C–N with tert-alkyl or cyclic N) is 1. The van der Waals surface area contributed by atoms with Gasteiger partial charge in [0.1, 0.15) is 5.75 Å². The number of aromatic hydroxyl groups is 1. The summed E-state index contributed by atoms with van der Waals surface area (Å²) in [5.41, 5.74) is 2.73. The van der Waals surface area contributed by atoms with Crippen molar-refractivity contribution < 1.29 is 19.8 Å². The molecule has 194 valence electrons. The lowest BCUT2D eigenvalue weighted by Gasteiger charge is -2.23. The average molecular weight is 515 g/mol. The summed E-state index contributed by atoms with van der Waals surface area (Å²) in [7, 11) is 0. The van der Waals surface area contributed by atoms with Crippen LogP contribution >= 0.6 is 11.6 Å². The van der Waals surface area contributed by atoms with E-state index in [1.54, 1.807) is 6.07 Å². The molecule has 1 unspecified atom stereocenters. The van der Waals surface area contributed by atoms with Crippen molar-refractivity contribution >= 4 is 34.9 Å².